The summed E-state index contributed by atoms with van der Waals surface area (Å²) in [5, 5.41) is 0. The van der Waals surface area contributed by atoms with Crippen LogP contribution in [0.15, 0.2) is 24.3 Å². The minimum atomic E-state index is 1.09. The van der Waals surface area contributed by atoms with E-state index >= 15 is 0 Å². The van der Waals surface area contributed by atoms with Crippen LogP contribution in [0.2, 0.25) is 0 Å². The van der Waals surface area contributed by atoms with Gasteiger partial charge in [0.2, 0.25) is 0 Å². The Morgan fingerprint density at radius 3 is 2.00 bits per heavy atom. The second-order valence-electron chi connectivity index (χ2n) is 2.76. The van der Waals surface area contributed by atoms with Crippen LogP contribution in [0.3, 0.4) is 0 Å². The number of benzene rings is 1. The summed E-state index contributed by atoms with van der Waals surface area (Å²) in [5.74, 6) is 0. The van der Waals surface area contributed by atoms with E-state index in [1.54, 1.807) is 16.9 Å². The van der Waals surface area contributed by atoms with Crippen molar-refractivity contribution in [1.29, 1.82) is 0 Å². The molecule has 1 aromatic carbocycles. The SMILES string of the molecule is CCN(CC)c1ccc([AsH2])cc1. The normalized spacial score (nSPS) is 9.92. The van der Waals surface area contributed by atoms with Gasteiger partial charge in [-0.2, -0.15) is 0 Å². The van der Waals surface area contributed by atoms with E-state index in [0.717, 1.165) is 13.1 Å². The van der Waals surface area contributed by atoms with Crippen molar-refractivity contribution in [2.75, 3.05) is 18.0 Å². The van der Waals surface area contributed by atoms with Gasteiger partial charge in [0.1, 0.15) is 0 Å². The van der Waals surface area contributed by atoms with E-state index < -0.39 is 0 Å². The fourth-order valence-electron chi connectivity index (χ4n) is 1.27. The summed E-state index contributed by atoms with van der Waals surface area (Å²) < 4.78 is 1.39. The Hall–Kier alpha value is -0.422. The average molecular weight is 225 g/mol. The van der Waals surface area contributed by atoms with Crippen molar-refractivity contribution in [3.8, 4) is 0 Å². The summed E-state index contributed by atoms with van der Waals surface area (Å²) in [5.41, 5.74) is 1.33. The summed E-state index contributed by atoms with van der Waals surface area (Å²) in [6, 6.07) is 8.77. The average Bonchev–Trinajstić information content (AvgIpc) is 2.10. The summed E-state index contributed by atoms with van der Waals surface area (Å²) in [6.07, 6.45) is 0. The number of nitrogens with zero attached hydrogens (tertiary/aromatic N) is 1. The molecule has 0 fully saturated rings. The summed E-state index contributed by atoms with van der Waals surface area (Å²) in [7, 11) is 0. The molecule has 0 aliphatic carbocycles. The summed E-state index contributed by atoms with van der Waals surface area (Å²) >= 11 is 1.68. The number of anilines is 1. The van der Waals surface area contributed by atoms with Crippen molar-refractivity contribution in [3.63, 3.8) is 0 Å². The molecule has 1 nitrogen and oxygen atoms in total. The van der Waals surface area contributed by atoms with Gasteiger partial charge in [0, 0.05) is 0 Å². The molecule has 0 aromatic heterocycles. The molecule has 0 spiro atoms. The first-order chi connectivity index (χ1) is 5.77. The first-order valence-electron chi connectivity index (χ1n) is 4.38. The van der Waals surface area contributed by atoms with Gasteiger partial charge in [-0.1, -0.05) is 0 Å². The zero-order valence-corrected chi connectivity index (χ0v) is 10.2. The first kappa shape index (κ1) is 9.66. The Morgan fingerprint density at radius 1 is 1.08 bits per heavy atom. The zero-order chi connectivity index (χ0) is 8.97. The molecule has 0 radical (unpaired) electrons. The van der Waals surface area contributed by atoms with Crippen LogP contribution < -0.4 is 9.25 Å². The molecular formula is C10H16AsN. The molecule has 1 atom stereocenters. The molecule has 0 N–H and O–H groups in total. The van der Waals surface area contributed by atoms with Gasteiger partial charge in [-0.25, -0.2) is 0 Å². The van der Waals surface area contributed by atoms with Crippen LogP contribution in [0.1, 0.15) is 13.8 Å². The molecule has 0 amide bonds. The van der Waals surface area contributed by atoms with E-state index in [2.05, 4.69) is 43.0 Å². The summed E-state index contributed by atoms with van der Waals surface area (Å²) in [4.78, 5) is 2.35. The van der Waals surface area contributed by atoms with Crippen LogP contribution in [0, 0.1) is 0 Å². The van der Waals surface area contributed by atoms with Crippen LogP contribution in [0.4, 0.5) is 5.69 Å². The van der Waals surface area contributed by atoms with Crippen LogP contribution >= 0.6 is 0 Å². The maximum atomic E-state index is 2.35. The van der Waals surface area contributed by atoms with Crippen LogP contribution in [0.5, 0.6) is 0 Å². The maximum absolute atomic E-state index is 2.35. The van der Waals surface area contributed by atoms with Gasteiger partial charge in [-0.05, 0) is 0 Å². The predicted octanol–water partition coefficient (Wildman–Crippen LogP) is 0.791. The molecule has 0 bridgehead atoms. The first-order valence-corrected chi connectivity index (χ1v) is 5.59. The van der Waals surface area contributed by atoms with E-state index in [4.69, 9.17) is 0 Å². The van der Waals surface area contributed by atoms with Crippen molar-refractivity contribution in [2.45, 2.75) is 13.8 Å². The molecule has 1 rings (SSSR count). The third-order valence-electron chi connectivity index (χ3n) is 2.02. The van der Waals surface area contributed by atoms with Gasteiger partial charge in [0.15, 0.2) is 0 Å². The van der Waals surface area contributed by atoms with Crippen molar-refractivity contribution in [1.82, 2.24) is 0 Å². The van der Waals surface area contributed by atoms with Gasteiger partial charge in [0.05, 0.1) is 0 Å². The Balaban J connectivity index is 2.80. The van der Waals surface area contributed by atoms with Gasteiger partial charge in [-0.15, -0.1) is 0 Å². The fourth-order valence-corrected chi connectivity index (χ4v) is 1.68. The molecule has 1 aromatic rings. The minimum absolute atomic E-state index is 1.09. The quantitative estimate of drug-likeness (QED) is 0.687. The fraction of sp³-hybridized carbons (Fsp3) is 0.400. The molecular weight excluding hydrogens is 209 g/mol. The Kier molecular flexibility index (Phi) is 3.68. The van der Waals surface area contributed by atoms with E-state index in [1.165, 1.54) is 10.0 Å². The molecule has 0 aliphatic rings. The molecule has 0 heterocycles. The second kappa shape index (κ2) is 4.57. The molecule has 12 heavy (non-hydrogen) atoms. The van der Waals surface area contributed by atoms with Gasteiger partial charge < -0.3 is 0 Å². The van der Waals surface area contributed by atoms with Gasteiger partial charge in [0.25, 0.3) is 0 Å². The molecule has 2 heteroatoms. The molecule has 1 unspecified atom stereocenters. The standard InChI is InChI=1S/C10H16AsN/c1-3-12(4-2)10-7-5-9(11)6-8-10/h5-8H,3-4,11H2,1-2H3. The van der Waals surface area contributed by atoms with Crippen molar-refractivity contribution in [3.05, 3.63) is 24.3 Å². The van der Waals surface area contributed by atoms with E-state index in [-0.39, 0.29) is 0 Å². The Morgan fingerprint density at radius 2 is 1.58 bits per heavy atom. The van der Waals surface area contributed by atoms with Crippen LogP contribution in [-0.4, -0.2) is 29.9 Å². The zero-order valence-electron chi connectivity index (χ0n) is 7.75. The number of hydrogen-bond acceptors (Lipinski definition) is 1. The third kappa shape index (κ3) is 2.28. The second-order valence-corrected chi connectivity index (χ2v) is 4.16. The summed E-state index contributed by atoms with van der Waals surface area (Å²) in [6.45, 7) is 6.55. The molecule has 66 valence electrons. The predicted molar refractivity (Wildman–Crippen MR) is 58.2 cm³/mol. The molecule has 0 saturated carbocycles. The monoisotopic (exact) mass is 225 g/mol. The van der Waals surface area contributed by atoms with Crippen molar-refractivity contribution < 1.29 is 0 Å². The number of rotatable bonds is 3. The molecule has 0 aliphatic heterocycles. The van der Waals surface area contributed by atoms with Crippen molar-refractivity contribution >= 4 is 26.9 Å². The van der Waals surface area contributed by atoms with Crippen LogP contribution in [0.25, 0.3) is 0 Å². The molecule has 0 saturated heterocycles. The topological polar surface area (TPSA) is 3.24 Å². The number of hydrogen-bond donors (Lipinski definition) is 0. The van der Waals surface area contributed by atoms with Gasteiger partial charge in [-0.3, -0.25) is 0 Å². The van der Waals surface area contributed by atoms with E-state index in [1.807, 2.05) is 0 Å². The van der Waals surface area contributed by atoms with E-state index in [0.29, 0.717) is 0 Å². The van der Waals surface area contributed by atoms with Gasteiger partial charge >= 0.3 is 83.0 Å². The van der Waals surface area contributed by atoms with Crippen LogP contribution in [-0.2, 0) is 0 Å². The van der Waals surface area contributed by atoms with E-state index in [9.17, 15) is 0 Å². The van der Waals surface area contributed by atoms with Crippen molar-refractivity contribution in [2.24, 2.45) is 0 Å². The Labute approximate surface area is 83.3 Å². The third-order valence-corrected chi connectivity index (χ3v) is 2.83. The Bertz CT molecular complexity index is 226.